The highest BCUT2D eigenvalue weighted by molar-refractivity contribution is 5.43. The number of rotatable bonds is 2. The van der Waals surface area contributed by atoms with Crippen LogP contribution in [0.2, 0.25) is 0 Å². The maximum Gasteiger partial charge on any atom is 0.168 e. The lowest BCUT2D eigenvalue weighted by atomic mass is 9.91. The van der Waals surface area contributed by atoms with Gasteiger partial charge in [-0.15, -0.1) is 0 Å². The predicted octanol–water partition coefficient (Wildman–Crippen LogP) is 2.01. The average molecular weight is 225 g/mol. The number of nitrogens with one attached hydrogen (secondary N) is 1. The molecular formula is C12H16FNO2. The van der Waals surface area contributed by atoms with Crippen LogP contribution in [0.4, 0.5) is 4.39 Å². The number of ether oxygens (including phenoxy) is 1. The normalized spacial score (nSPS) is 20.8. The molecule has 3 nitrogen and oxygen atoms in total. The first-order valence-electron chi connectivity index (χ1n) is 5.49. The Morgan fingerprint density at radius 2 is 2.31 bits per heavy atom. The summed E-state index contributed by atoms with van der Waals surface area (Å²) in [7, 11) is 1.43. The van der Waals surface area contributed by atoms with Crippen LogP contribution in [0, 0.1) is 5.82 Å². The zero-order valence-electron chi connectivity index (χ0n) is 9.29. The van der Waals surface area contributed by atoms with Gasteiger partial charge in [-0.05, 0) is 25.5 Å². The van der Waals surface area contributed by atoms with Crippen molar-refractivity contribution in [1.29, 1.82) is 0 Å². The molecule has 0 aromatic heterocycles. The molecular weight excluding hydrogens is 209 g/mol. The summed E-state index contributed by atoms with van der Waals surface area (Å²) in [6.07, 6.45) is 2.08. The van der Waals surface area contributed by atoms with Crippen LogP contribution < -0.4 is 10.1 Å². The van der Waals surface area contributed by atoms with E-state index in [4.69, 9.17) is 4.74 Å². The molecule has 16 heavy (non-hydrogen) atoms. The van der Waals surface area contributed by atoms with E-state index in [1.807, 2.05) is 0 Å². The van der Waals surface area contributed by atoms with Gasteiger partial charge in [0.1, 0.15) is 5.75 Å². The topological polar surface area (TPSA) is 41.5 Å². The highest BCUT2D eigenvalue weighted by Gasteiger charge is 2.20. The Balaban J connectivity index is 2.31. The van der Waals surface area contributed by atoms with Gasteiger partial charge in [-0.3, -0.25) is 0 Å². The van der Waals surface area contributed by atoms with Crippen LogP contribution >= 0.6 is 0 Å². The van der Waals surface area contributed by atoms with E-state index in [1.165, 1.54) is 7.11 Å². The third-order valence-electron chi connectivity index (χ3n) is 3.04. The molecule has 0 amide bonds. The Bertz CT molecular complexity index is 376. The number of piperidine rings is 1. The molecule has 88 valence electrons. The first-order chi connectivity index (χ1) is 7.72. The van der Waals surface area contributed by atoms with Crippen LogP contribution in [0.1, 0.15) is 24.3 Å². The third kappa shape index (κ3) is 2.11. The zero-order chi connectivity index (χ0) is 11.5. The molecule has 1 atom stereocenters. The van der Waals surface area contributed by atoms with Crippen molar-refractivity contribution in [3.05, 3.63) is 23.5 Å². The second-order valence-corrected chi connectivity index (χ2v) is 4.09. The van der Waals surface area contributed by atoms with Gasteiger partial charge in [-0.25, -0.2) is 4.39 Å². The molecule has 4 heteroatoms. The van der Waals surface area contributed by atoms with Gasteiger partial charge < -0.3 is 15.2 Å². The van der Waals surface area contributed by atoms with Crippen molar-refractivity contribution in [1.82, 2.24) is 5.32 Å². The monoisotopic (exact) mass is 225 g/mol. The Morgan fingerprint density at radius 3 is 2.94 bits per heavy atom. The van der Waals surface area contributed by atoms with Crippen LogP contribution in [0.3, 0.4) is 0 Å². The first-order valence-corrected chi connectivity index (χ1v) is 5.49. The molecule has 1 saturated heterocycles. The largest absolute Gasteiger partial charge is 0.508 e. The van der Waals surface area contributed by atoms with Crippen LogP contribution in [0.5, 0.6) is 11.5 Å². The fourth-order valence-corrected chi connectivity index (χ4v) is 2.16. The van der Waals surface area contributed by atoms with Crippen molar-refractivity contribution >= 4 is 0 Å². The van der Waals surface area contributed by atoms with Gasteiger partial charge in [-0.2, -0.15) is 0 Å². The van der Waals surface area contributed by atoms with Gasteiger partial charge in [0, 0.05) is 24.1 Å². The molecule has 1 aromatic carbocycles. The van der Waals surface area contributed by atoms with E-state index in [2.05, 4.69) is 5.32 Å². The summed E-state index contributed by atoms with van der Waals surface area (Å²) in [4.78, 5) is 0. The summed E-state index contributed by atoms with van der Waals surface area (Å²) in [5.41, 5.74) is 0.769. The number of hydrogen-bond donors (Lipinski definition) is 2. The summed E-state index contributed by atoms with van der Waals surface area (Å²) in [5, 5.41) is 13.0. The van der Waals surface area contributed by atoms with Crippen molar-refractivity contribution < 1.29 is 14.2 Å². The molecule has 0 spiro atoms. The van der Waals surface area contributed by atoms with Gasteiger partial charge in [0.2, 0.25) is 0 Å². The van der Waals surface area contributed by atoms with E-state index in [1.54, 1.807) is 6.07 Å². The van der Waals surface area contributed by atoms with Crippen molar-refractivity contribution in [2.45, 2.75) is 18.8 Å². The SMILES string of the molecule is COc1cc(C2CCCNC2)c(O)cc1F. The molecule has 0 bridgehead atoms. The number of halogens is 1. The lowest BCUT2D eigenvalue weighted by Crippen LogP contribution is -2.28. The quantitative estimate of drug-likeness (QED) is 0.809. The fourth-order valence-electron chi connectivity index (χ4n) is 2.16. The summed E-state index contributed by atoms with van der Waals surface area (Å²) in [6, 6.07) is 2.73. The van der Waals surface area contributed by atoms with Crippen molar-refractivity contribution in [2.75, 3.05) is 20.2 Å². The van der Waals surface area contributed by atoms with E-state index in [0.717, 1.165) is 37.6 Å². The second-order valence-electron chi connectivity index (χ2n) is 4.09. The Labute approximate surface area is 94.2 Å². The zero-order valence-corrected chi connectivity index (χ0v) is 9.29. The molecule has 1 aliphatic heterocycles. The number of methoxy groups -OCH3 is 1. The maximum atomic E-state index is 13.3. The summed E-state index contributed by atoms with van der Waals surface area (Å²) in [5.74, 6) is -0.0684. The lowest BCUT2D eigenvalue weighted by molar-refractivity contribution is 0.375. The molecule has 0 saturated carbocycles. The smallest absolute Gasteiger partial charge is 0.168 e. The minimum atomic E-state index is -0.521. The van der Waals surface area contributed by atoms with Crippen molar-refractivity contribution in [3.8, 4) is 11.5 Å². The van der Waals surface area contributed by atoms with E-state index in [0.29, 0.717) is 0 Å². The van der Waals surface area contributed by atoms with Crippen molar-refractivity contribution in [2.24, 2.45) is 0 Å². The minimum absolute atomic E-state index is 0.0204. The number of benzene rings is 1. The number of phenols is 1. The molecule has 1 aliphatic rings. The number of hydrogen-bond acceptors (Lipinski definition) is 3. The van der Waals surface area contributed by atoms with Crippen molar-refractivity contribution in [3.63, 3.8) is 0 Å². The Hall–Kier alpha value is -1.29. The van der Waals surface area contributed by atoms with E-state index >= 15 is 0 Å². The van der Waals surface area contributed by atoms with E-state index in [9.17, 15) is 9.50 Å². The molecule has 1 unspecified atom stereocenters. The van der Waals surface area contributed by atoms with E-state index < -0.39 is 5.82 Å². The van der Waals surface area contributed by atoms with Gasteiger partial charge >= 0.3 is 0 Å². The van der Waals surface area contributed by atoms with Gasteiger partial charge in [-0.1, -0.05) is 0 Å². The minimum Gasteiger partial charge on any atom is -0.508 e. The Morgan fingerprint density at radius 1 is 1.50 bits per heavy atom. The maximum absolute atomic E-state index is 13.3. The molecule has 2 rings (SSSR count). The van der Waals surface area contributed by atoms with Gasteiger partial charge in [0.15, 0.2) is 11.6 Å². The molecule has 2 N–H and O–H groups in total. The Kier molecular flexibility index (Phi) is 3.29. The highest BCUT2D eigenvalue weighted by Crippen LogP contribution is 2.34. The lowest BCUT2D eigenvalue weighted by Gasteiger charge is -2.24. The molecule has 1 heterocycles. The average Bonchev–Trinajstić information content (AvgIpc) is 2.30. The highest BCUT2D eigenvalue weighted by atomic mass is 19.1. The summed E-state index contributed by atoms with van der Waals surface area (Å²) >= 11 is 0. The molecule has 0 radical (unpaired) electrons. The summed E-state index contributed by atoms with van der Waals surface area (Å²) < 4.78 is 18.2. The molecule has 1 fully saturated rings. The fraction of sp³-hybridized carbons (Fsp3) is 0.500. The first kappa shape index (κ1) is 11.2. The van der Waals surface area contributed by atoms with Crippen LogP contribution in [-0.4, -0.2) is 25.3 Å². The van der Waals surface area contributed by atoms with Gasteiger partial charge in [0.05, 0.1) is 7.11 Å². The second kappa shape index (κ2) is 4.70. The summed E-state index contributed by atoms with van der Waals surface area (Å²) in [6.45, 7) is 1.83. The molecule has 1 aromatic rings. The van der Waals surface area contributed by atoms with Crippen LogP contribution in [-0.2, 0) is 0 Å². The van der Waals surface area contributed by atoms with Gasteiger partial charge in [0.25, 0.3) is 0 Å². The number of aromatic hydroxyl groups is 1. The third-order valence-corrected chi connectivity index (χ3v) is 3.04. The van der Waals surface area contributed by atoms with Crippen LogP contribution in [0.15, 0.2) is 12.1 Å². The number of phenolic OH excluding ortho intramolecular Hbond substituents is 1. The molecule has 0 aliphatic carbocycles. The predicted molar refractivity (Wildman–Crippen MR) is 59.5 cm³/mol. The van der Waals surface area contributed by atoms with Crippen LogP contribution in [0.25, 0.3) is 0 Å². The standard InChI is InChI=1S/C12H16FNO2/c1-16-12-5-9(11(15)6-10(12)13)8-3-2-4-14-7-8/h5-6,8,14-15H,2-4,7H2,1H3. The van der Waals surface area contributed by atoms with E-state index in [-0.39, 0.29) is 17.4 Å².